The van der Waals surface area contributed by atoms with Crippen molar-refractivity contribution in [1.29, 1.82) is 5.26 Å². The smallest absolute Gasteiger partial charge is 0.230 e. The van der Waals surface area contributed by atoms with Crippen LogP contribution in [0.1, 0.15) is 17.0 Å². The molecule has 0 aliphatic rings. The third-order valence-electron chi connectivity index (χ3n) is 5.04. The van der Waals surface area contributed by atoms with Crippen molar-refractivity contribution in [2.24, 2.45) is 0 Å². The van der Waals surface area contributed by atoms with Gasteiger partial charge in [-0.25, -0.2) is 19.2 Å². The first-order valence-electron chi connectivity index (χ1n) is 10.2. The number of aryl methyl sites for hydroxylation is 1. The molecule has 0 atom stereocenters. The van der Waals surface area contributed by atoms with Crippen molar-refractivity contribution in [1.82, 2.24) is 29.4 Å². The van der Waals surface area contributed by atoms with Crippen LogP contribution in [0.15, 0.2) is 73.2 Å². The molecule has 0 aliphatic carbocycles. The molecular weight excluding hydrogens is 416 g/mol. The molecule has 0 radical (unpaired) electrons. The molecule has 0 saturated carbocycles. The summed E-state index contributed by atoms with van der Waals surface area (Å²) in [7, 11) is 0. The van der Waals surface area contributed by atoms with E-state index >= 15 is 0 Å². The molecule has 4 heterocycles. The van der Waals surface area contributed by atoms with Gasteiger partial charge in [-0.05, 0) is 55.5 Å². The summed E-state index contributed by atoms with van der Waals surface area (Å²) in [5.74, 6) is 0.419. The molecule has 0 fully saturated rings. The summed E-state index contributed by atoms with van der Waals surface area (Å²) in [6.45, 7) is 1.91. The lowest BCUT2D eigenvalue weighted by atomic mass is 10.1. The Morgan fingerprint density at radius 3 is 2.85 bits per heavy atom. The molecule has 5 aromatic rings. The van der Waals surface area contributed by atoms with Gasteiger partial charge in [-0.2, -0.15) is 15.5 Å². The first kappa shape index (κ1) is 20.1. The van der Waals surface area contributed by atoms with Crippen molar-refractivity contribution in [2.75, 3.05) is 5.32 Å². The molecule has 4 aromatic heterocycles. The van der Waals surface area contributed by atoms with Crippen LogP contribution in [0.5, 0.6) is 0 Å². The maximum atomic E-state index is 12.7. The van der Waals surface area contributed by atoms with Crippen LogP contribution in [0.4, 0.5) is 5.69 Å². The van der Waals surface area contributed by atoms with Crippen molar-refractivity contribution < 1.29 is 4.79 Å². The molecule has 0 saturated heterocycles. The number of carbonyl (C=O) groups is 1. The Morgan fingerprint density at radius 2 is 2.00 bits per heavy atom. The van der Waals surface area contributed by atoms with E-state index in [0.717, 1.165) is 22.6 Å². The second-order valence-electron chi connectivity index (χ2n) is 7.47. The molecule has 160 valence electrons. The van der Waals surface area contributed by atoms with Gasteiger partial charge in [0.1, 0.15) is 6.33 Å². The highest BCUT2D eigenvalue weighted by molar-refractivity contribution is 5.92. The van der Waals surface area contributed by atoms with Crippen LogP contribution >= 0.6 is 0 Å². The maximum absolute atomic E-state index is 12.7. The zero-order valence-corrected chi connectivity index (χ0v) is 17.7. The Morgan fingerprint density at radius 1 is 1.12 bits per heavy atom. The third kappa shape index (κ3) is 4.18. The van der Waals surface area contributed by atoms with Gasteiger partial charge in [0.2, 0.25) is 5.91 Å². The molecule has 0 spiro atoms. The molecule has 5 rings (SSSR count). The number of fused-ring (bicyclic) bond motifs is 1. The molecule has 0 unspecified atom stereocenters. The lowest BCUT2D eigenvalue weighted by molar-refractivity contribution is -0.115. The molecule has 9 heteroatoms. The van der Waals surface area contributed by atoms with Crippen molar-refractivity contribution >= 4 is 17.2 Å². The first-order valence-corrected chi connectivity index (χ1v) is 10.2. The number of hydrogen-bond acceptors (Lipinski definition) is 6. The number of nitrogens with zero attached hydrogens (tertiary/aromatic N) is 7. The summed E-state index contributed by atoms with van der Waals surface area (Å²) in [6, 6.07) is 20.2. The molecule has 1 amide bonds. The highest BCUT2D eigenvalue weighted by atomic mass is 16.1. The minimum absolute atomic E-state index is 0.0637. The van der Waals surface area contributed by atoms with E-state index in [2.05, 4.69) is 31.6 Å². The summed E-state index contributed by atoms with van der Waals surface area (Å²) >= 11 is 0. The largest absolute Gasteiger partial charge is 0.326 e. The van der Waals surface area contributed by atoms with Gasteiger partial charge in [0.25, 0.3) is 0 Å². The predicted molar refractivity (Wildman–Crippen MR) is 122 cm³/mol. The molecule has 0 aliphatic heterocycles. The average Bonchev–Trinajstić information content (AvgIpc) is 3.45. The van der Waals surface area contributed by atoms with Crippen molar-refractivity contribution in [2.45, 2.75) is 13.3 Å². The standard InChI is InChI=1S/C24H18N8O/c1-16-4-2-7-23(28-16)32-21(18-8-9-22-26-15-27-31(22)14-18)11-20(30-32)12-24(33)29-19-6-3-5-17(10-19)13-25/h2-11,14-15H,12H2,1H3,(H,29,33). The second kappa shape index (κ2) is 8.36. The summed E-state index contributed by atoms with van der Waals surface area (Å²) in [6.07, 6.45) is 3.42. The van der Waals surface area contributed by atoms with E-state index in [-0.39, 0.29) is 12.3 Å². The van der Waals surface area contributed by atoms with E-state index < -0.39 is 0 Å². The summed E-state index contributed by atoms with van der Waals surface area (Å²) in [5.41, 5.74) is 4.86. The van der Waals surface area contributed by atoms with Gasteiger partial charge in [-0.15, -0.1) is 0 Å². The number of pyridine rings is 2. The number of carbonyl (C=O) groups excluding carboxylic acids is 1. The molecule has 1 aromatic carbocycles. The van der Waals surface area contributed by atoms with Gasteiger partial charge in [-0.3, -0.25) is 4.79 Å². The van der Waals surface area contributed by atoms with E-state index in [1.54, 1.807) is 33.5 Å². The van der Waals surface area contributed by atoms with E-state index in [9.17, 15) is 4.79 Å². The van der Waals surface area contributed by atoms with Crippen LogP contribution in [0, 0.1) is 18.3 Å². The zero-order valence-electron chi connectivity index (χ0n) is 17.7. The number of hydrogen-bond donors (Lipinski definition) is 1. The molecular formula is C24H18N8O. The minimum Gasteiger partial charge on any atom is -0.326 e. The Kier molecular flexibility index (Phi) is 5.09. The second-order valence-corrected chi connectivity index (χ2v) is 7.47. The molecule has 0 bridgehead atoms. The Labute approximate surface area is 189 Å². The first-order chi connectivity index (χ1) is 16.1. The summed E-state index contributed by atoms with van der Waals surface area (Å²) in [4.78, 5) is 21.5. The topological polar surface area (TPSA) is 114 Å². The highest BCUT2D eigenvalue weighted by Gasteiger charge is 2.16. The van der Waals surface area contributed by atoms with Crippen molar-refractivity contribution in [3.8, 4) is 23.1 Å². The molecule has 1 N–H and O–H groups in total. The SMILES string of the molecule is Cc1cccc(-n2nc(CC(=O)Nc3cccc(C#N)c3)cc2-c2ccc3ncnn3c2)n1. The highest BCUT2D eigenvalue weighted by Crippen LogP contribution is 2.24. The molecule has 9 nitrogen and oxygen atoms in total. The van der Waals surface area contributed by atoms with Crippen LogP contribution in [0.25, 0.3) is 22.7 Å². The lowest BCUT2D eigenvalue weighted by Gasteiger charge is -2.07. The molecule has 33 heavy (non-hydrogen) atoms. The normalized spacial score (nSPS) is 10.8. The monoisotopic (exact) mass is 434 g/mol. The fourth-order valence-corrected chi connectivity index (χ4v) is 3.55. The average molecular weight is 434 g/mol. The van der Waals surface area contributed by atoms with Crippen LogP contribution in [-0.2, 0) is 11.2 Å². The van der Waals surface area contributed by atoms with Gasteiger partial charge in [0.05, 0.1) is 29.4 Å². The van der Waals surface area contributed by atoms with Crippen LogP contribution in [-0.4, -0.2) is 35.3 Å². The van der Waals surface area contributed by atoms with Crippen LogP contribution in [0.2, 0.25) is 0 Å². The van der Waals surface area contributed by atoms with Gasteiger partial charge in [0, 0.05) is 23.1 Å². The lowest BCUT2D eigenvalue weighted by Crippen LogP contribution is -2.15. The van der Waals surface area contributed by atoms with Crippen molar-refractivity contribution in [3.05, 3.63) is 90.1 Å². The number of aromatic nitrogens is 6. The van der Waals surface area contributed by atoms with Gasteiger partial charge in [0.15, 0.2) is 11.5 Å². The van der Waals surface area contributed by atoms with Gasteiger partial charge in [-0.1, -0.05) is 12.1 Å². The van der Waals surface area contributed by atoms with Gasteiger partial charge < -0.3 is 5.32 Å². The van der Waals surface area contributed by atoms with Crippen LogP contribution < -0.4 is 5.32 Å². The van der Waals surface area contributed by atoms with Gasteiger partial charge >= 0.3 is 0 Å². The minimum atomic E-state index is -0.231. The number of benzene rings is 1. The third-order valence-corrected chi connectivity index (χ3v) is 5.04. The maximum Gasteiger partial charge on any atom is 0.230 e. The number of nitrogens with one attached hydrogen (secondary N) is 1. The summed E-state index contributed by atoms with van der Waals surface area (Å²) < 4.78 is 3.41. The van der Waals surface area contributed by atoms with E-state index in [0.29, 0.717) is 22.8 Å². The number of nitriles is 1. The van der Waals surface area contributed by atoms with E-state index in [4.69, 9.17) is 5.26 Å². The quantitative estimate of drug-likeness (QED) is 0.454. The number of amides is 1. The van der Waals surface area contributed by atoms with E-state index in [1.165, 1.54) is 6.33 Å². The fourth-order valence-electron chi connectivity index (χ4n) is 3.55. The van der Waals surface area contributed by atoms with E-state index in [1.807, 2.05) is 49.5 Å². The predicted octanol–water partition coefficient (Wildman–Crippen LogP) is 3.34. The Bertz CT molecular complexity index is 1530. The fraction of sp³-hybridized carbons (Fsp3) is 0.0833. The zero-order chi connectivity index (χ0) is 22.8. The number of anilines is 1. The van der Waals surface area contributed by atoms with Crippen molar-refractivity contribution in [3.63, 3.8) is 0 Å². The summed E-state index contributed by atoms with van der Waals surface area (Å²) in [5, 5.41) is 20.8. The Hall–Kier alpha value is -4.84. The van der Waals surface area contributed by atoms with Crippen LogP contribution in [0.3, 0.4) is 0 Å². The Balaban J connectivity index is 1.50. The number of rotatable bonds is 5.